The predicted octanol–water partition coefficient (Wildman–Crippen LogP) is 1.41. The van der Waals surface area contributed by atoms with Crippen molar-refractivity contribution in [2.24, 2.45) is 0 Å². The molecule has 13 heavy (non-hydrogen) atoms. The van der Waals surface area contributed by atoms with Crippen LogP contribution in [0.3, 0.4) is 0 Å². The molecule has 1 rings (SSSR count). The summed E-state index contributed by atoms with van der Waals surface area (Å²) in [5, 5.41) is 8.92. The van der Waals surface area contributed by atoms with Gasteiger partial charge in [-0.3, -0.25) is 4.79 Å². The first-order chi connectivity index (χ1) is 6.15. The number of nitrogens with one attached hydrogen (secondary N) is 2. The van der Waals surface area contributed by atoms with Gasteiger partial charge in [0.15, 0.2) is 0 Å². The summed E-state index contributed by atoms with van der Waals surface area (Å²) in [6.07, 6.45) is 3.17. The van der Waals surface area contributed by atoms with Gasteiger partial charge >= 0.3 is 0 Å². The van der Waals surface area contributed by atoms with Crippen molar-refractivity contribution in [3.63, 3.8) is 0 Å². The summed E-state index contributed by atoms with van der Waals surface area (Å²) < 4.78 is 0. The van der Waals surface area contributed by atoms with Crippen molar-refractivity contribution >= 4 is 17.3 Å². The minimum absolute atomic E-state index is 0.0427. The molecule has 0 saturated carbocycles. The zero-order valence-corrected chi connectivity index (χ0v) is 7.93. The Bertz CT molecular complexity index is 361. The predicted molar refractivity (Wildman–Crippen MR) is 53.1 cm³/mol. The lowest BCUT2D eigenvalue weighted by Gasteiger charge is -2.10. The topological polar surface area (TPSA) is 57.8 Å². The van der Waals surface area contributed by atoms with Crippen LogP contribution >= 0.6 is 11.6 Å². The maximum Gasteiger partial charge on any atom is 0.285 e. The normalized spacial score (nSPS) is 12.2. The summed E-state index contributed by atoms with van der Waals surface area (Å²) >= 11 is 5.71. The van der Waals surface area contributed by atoms with Crippen LogP contribution in [-0.2, 0) is 0 Å². The molecule has 0 spiro atoms. The van der Waals surface area contributed by atoms with Gasteiger partial charge in [0.1, 0.15) is 5.02 Å². The van der Waals surface area contributed by atoms with Crippen molar-refractivity contribution in [3.8, 4) is 0 Å². The molecule has 0 aliphatic rings. The van der Waals surface area contributed by atoms with Gasteiger partial charge in [0.2, 0.25) is 0 Å². The Morgan fingerprint density at radius 3 is 3.15 bits per heavy atom. The average Bonchev–Trinajstić information content (AvgIpc) is 2.13. The molecule has 1 aromatic rings. The second-order valence-corrected chi connectivity index (χ2v) is 2.97. The molecule has 0 fully saturated rings. The summed E-state index contributed by atoms with van der Waals surface area (Å²) in [5.74, 6) is 0. The molecular weight excluding hydrogens is 190 g/mol. The van der Waals surface area contributed by atoms with E-state index in [2.05, 4.69) is 22.1 Å². The first-order valence-electron chi connectivity index (χ1n) is 3.77. The summed E-state index contributed by atoms with van der Waals surface area (Å²) in [4.78, 5) is 11.0. The van der Waals surface area contributed by atoms with Crippen molar-refractivity contribution in [2.75, 3.05) is 5.32 Å². The van der Waals surface area contributed by atoms with E-state index in [-0.39, 0.29) is 11.1 Å². The molecule has 0 radical (unpaired) electrons. The van der Waals surface area contributed by atoms with E-state index in [1.54, 1.807) is 6.08 Å². The molecule has 4 nitrogen and oxygen atoms in total. The SMILES string of the molecule is C=CC(C)Nc1cn[nH]c(=O)c1Cl. The van der Waals surface area contributed by atoms with Gasteiger partial charge in [0.25, 0.3) is 5.56 Å². The lowest BCUT2D eigenvalue weighted by molar-refractivity contribution is 0.956. The number of hydrogen-bond donors (Lipinski definition) is 2. The smallest absolute Gasteiger partial charge is 0.285 e. The molecule has 70 valence electrons. The van der Waals surface area contributed by atoms with Gasteiger partial charge in [-0.2, -0.15) is 5.10 Å². The van der Waals surface area contributed by atoms with Gasteiger partial charge in [-0.1, -0.05) is 17.7 Å². The van der Waals surface area contributed by atoms with Crippen LogP contribution < -0.4 is 10.9 Å². The van der Waals surface area contributed by atoms with E-state index < -0.39 is 5.56 Å². The van der Waals surface area contributed by atoms with Crippen molar-refractivity contribution in [1.29, 1.82) is 0 Å². The van der Waals surface area contributed by atoms with Crippen LogP contribution in [0.2, 0.25) is 5.02 Å². The Morgan fingerprint density at radius 2 is 2.54 bits per heavy atom. The van der Waals surface area contributed by atoms with Gasteiger partial charge in [-0.05, 0) is 6.92 Å². The van der Waals surface area contributed by atoms with Crippen LogP contribution in [-0.4, -0.2) is 16.2 Å². The monoisotopic (exact) mass is 199 g/mol. The molecule has 0 aromatic carbocycles. The van der Waals surface area contributed by atoms with E-state index in [4.69, 9.17) is 11.6 Å². The summed E-state index contributed by atoms with van der Waals surface area (Å²) in [5.41, 5.74) is 0.112. The van der Waals surface area contributed by atoms with E-state index in [0.717, 1.165) is 0 Å². The number of anilines is 1. The summed E-state index contributed by atoms with van der Waals surface area (Å²) in [7, 11) is 0. The lowest BCUT2D eigenvalue weighted by atomic mass is 10.3. The average molecular weight is 200 g/mol. The van der Waals surface area contributed by atoms with E-state index >= 15 is 0 Å². The molecule has 1 atom stereocenters. The van der Waals surface area contributed by atoms with Crippen LogP contribution in [0.1, 0.15) is 6.92 Å². The molecule has 0 amide bonds. The van der Waals surface area contributed by atoms with Crippen LogP contribution in [0.5, 0.6) is 0 Å². The second kappa shape index (κ2) is 4.09. The van der Waals surface area contributed by atoms with Crippen LogP contribution in [0, 0.1) is 0 Å². The highest BCUT2D eigenvalue weighted by molar-refractivity contribution is 6.32. The molecule has 5 heteroatoms. The molecule has 0 aliphatic carbocycles. The van der Waals surface area contributed by atoms with Crippen LogP contribution in [0.4, 0.5) is 5.69 Å². The number of nitrogens with zero attached hydrogens (tertiary/aromatic N) is 1. The molecule has 1 aromatic heterocycles. The molecule has 1 unspecified atom stereocenters. The fourth-order valence-corrected chi connectivity index (χ4v) is 0.934. The Kier molecular flexibility index (Phi) is 3.08. The molecule has 0 aliphatic heterocycles. The third-order valence-corrected chi connectivity index (χ3v) is 1.91. The first-order valence-corrected chi connectivity index (χ1v) is 4.15. The maximum absolute atomic E-state index is 11.0. The Labute approximate surface area is 80.6 Å². The second-order valence-electron chi connectivity index (χ2n) is 2.60. The maximum atomic E-state index is 11.0. The number of hydrogen-bond acceptors (Lipinski definition) is 3. The largest absolute Gasteiger partial charge is 0.376 e. The highest BCUT2D eigenvalue weighted by atomic mass is 35.5. The minimum Gasteiger partial charge on any atom is -0.376 e. The minimum atomic E-state index is -0.400. The molecular formula is C8H10ClN3O. The highest BCUT2D eigenvalue weighted by Gasteiger charge is 2.05. The molecule has 2 N–H and O–H groups in total. The fraction of sp³-hybridized carbons (Fsp3) is 0.250. The van der Waals surface area contributed by atoms with E-state index in [1.165, 1.54) is 6.20 Å². The lowest BCUT2D eigenvalue weighted by Crippen LogP contribution is -2.16. The quantitative estimate of drug-likeness (QED) is 0.724. The van der Waals surface area contributed by atoms with E-state index in [9.17, 15) is 4.79 Å². The molecule has 1 heterocycles. The Hall–Kier alpha value is -1.29. The van der Waals surface area contributed by atoms with Gasteiger partial charge in [0.05, 0.1) is 11.9 Å². The van der Waals surface area contributed by atoms with Crippen LogP contribution in [0.25, 0.3) is 0 Å². The van der Waals surface area contributed by atoms with Gasteiger partial charge in [-0.25, -0.2) is 5.10 Å². The highest BCUT2D eigenvalue weighted by Crippen LogP contribution is 2.15. The Balaban J connectivity index is 2.95. The van der Waals surface area contributed by atoms with Gasteiger partial charge in [-0.15, -0.1) is 6.58 Å². The Morgan fingerprint density at radius 1 is 1.85 bits per heavy atom. The third kappa shape index (κ3) is 2.32. The van der Waals surface area contributed by atoms with Crippen LogP contribution in [0.15, 0.2) is 23.6 Å². The van der Waals surface area contributed by atoms with E-state index in [0.29, 0.717) is 5.69 Å². The van der Waals surface area contributed by atoms with Crippen molar-refractivity contribution in [3.05, 3.63) is 34.2 Å². The third-order valence-electron chi connectivity index (χ3n) is 1.53. The van der Waals surface area contributed by atoms with Crippen molar-refractivity contribution < 1.29 is 0 Å². The zero-order valence-electron chi connectivity index (χ0n) is 7.17. The summed E-state index contributed by atoms with van der Waals surface area (Å²) in [6.45, 7) is 5.49. The van der Waals surface area contributed by atoms with Gasteiger partial charge in [0, 0.05) is 6.04 Å². The molecule has 0 saturated heterocycles. The number of halogens is 1. The van der Waals surface area contributed by atoms with Gasteiger partial charge < -0.3 is 5.32 Å². The molecule has 0 bridgehead atoms. The number of rotatable bonds is 3. The fourth-order valence-electron chi connectivity index (χ4n) is 0.788. The standard InChI is InChI=1S/C8H10ClN3O/c1-3-5(2)11-6-4-10-12-8(13)7(6)9/h3-5H,1H2,2H3,(H2,11,12,13). The number of H-pyrrole nitrogens is 1. The zero-order chi connectivity index (χ0) is 9.84. The van der Waals surface area contributed by atoms with E-state index in [1.807, 2.05) is 6.92 Å². The van der Waals surface area contributed by atoms with Crippen molar-refractivity contribution in [1.82, 2.24) is 10.2 Å². The number of aromatic nitrogens is 2. The van der Waals surface area contributed by atoms with Crippen molar-refractivity contribution in [2.45, 2.75) is 13.0 Å². The summed E-state index contributed by atoms with van der Waals surface area (Å²) in [6, 6.07) is 0.0427. The first kappa shape index (κ1) is 9.80. The number of aromatic amines is 1.